The molecule has 5 nitrogen and oxygen atoms in total. The summed E-state index contributed by atoms with van der Waals surface area (Å²) < 4.78 is 5.79. The normalized spacial score (nSPS) is 12.4. The molecule has 3 aromatic carbocycles. The zero-order valence-corrected chi connectivity index (χ0v) is 21.7. The van der Waals surface area contributed by atoms with E-state index in [1.54, 1.807) is 4.90 Å². The van der Waals surface area contributed by atoms with Crippen molar-refractivity contribution in [3.05, 3.63) is 102 Å². The van der Waals surface area contributed by atoms with Crippen LogP contribution in [0.15, 0.2) is 84.9 Å². The third kappa shape index (κ3) is 8.26. The number of amides is 2. The van der Waals surface area contributed by atoms with Gasteiger partial charge >= 0.3 is 0 Å². The topological polar surface area (TPSA) is 58.6 Å². The number of nitrogens with zero attached hydrogens (tertiary/aromatic N) is 1. The molecular formula is C31H38N2O3. The molecule has 0 saturated heterocycles. The molecule has 0 bridgehead atoms. The fourth-order valence-electron chi connectivity index (χ4n) is 4.04. The van der Waals surface area contributed by atoms with Gasteiger partial charge in [0.1, 0.15) is 11.8 Å². The third-order valence-electron chi connectivity index (χ3n) is 6.42. The van der Waals surface area contributed by atoms with E-state index in [1.807, 2.05) is 106 Å². The highest BCUT2D eigenvalue weighted by molar-refractivity contribution is 5.88. The predicted molar refractivity (Wildman–Crippen MR) is 145 cm³/mol. The highest BCUT2D eigenvalue weighted by atomic mass is 16.5. The Morgan fingerprint density at radius 3 is 2.22 bits per heavy atom. The van der Waals surface area contributed by atoms with Crippen molar-refractivity contribution in [2.75, 3.05) is 6.61 Å². The zero-order valence-electron chi connectivity index (χ0n) is 21.7. The first-order valence-corrected chi connectivity index (χ1v) is 12.8. The molecule has 0 aliphatic heterocycles. The van der Waals surface area contributed by atoms with Crippen molar-refractivity contribution >= 4 is 11.8 Å². The van der Waals surface area contributed by atoms with Crippen molar-refractivity contribution in [2.45, 2.75) is 65.1 Å². The average Bonchev–Trinajstić information content (AvgIpc) is 2.90. The van der Waals surface area contributed by atoms with Gasteiger partial charge in [0.05, 0.1) is 6.61 Å². The first kappa shape index (κ1) is 27.0. The van der Waals surface area contributed by atoms with Crippen LogP contribution in [-0.4, -0.2) is 35.4 Å². The maximum absolute atomic E-state index is 13.7. The number of hydrogen-bond acceptors (Lipinski definition) is 3. The molecule has 2 atom stereocenters. The molecule has 0 fully saturated rings. The number of carbonyl (C=O) groups excluding carboxylic acids is 2. The van der Waals surface area contributed by atoms with Crippen molar-refractivity contribution in [1.82, 2.24) is 10.2 Å². The molecule has 1 N–H and O–H groups in total. The first-order chi connectivity index (χ1) is 17.5. The van der Waals surface area contributed by atoms with Gasteiger partial charge in [0.25, 0.3) is 0 Å². The van der Waals surface area contributed by atoms with Crippen LogP contribution in [0.2, 0.25) is 0 Å². The Labute approximate surface area is 215 Å². The van der Waals surface area contributed by atoms with Gasteiger partial charge in [-0.15, -0.1) is 0 Å². The van der Waals surface area contributed by atoms with Gasteiger partial charge < -0.3 is 15.0 Å². The molecule has 2 amide bonds. The molecule has 2 unspecified atom stereocenters. The summed E-state index contributed by atoms with van der Waals surface area (Å²) in [5.74, 6) is 0.627. The van der Waals surface area contributed by atoms with Gasteiger partial charge in [0, 0.05) is 25.4 Å². The molecule has 0 saturated carbocycles. The highest BCUT2D eigenvalue weighted by Crippen LogP contribution is 2.19. The number of benzene rings is 3. The van der Waals surface area contributed by atoms with Crippen LogP contribution in [-0.2, 0) is 22.6 Å². The van der Waals surface area contributed by atoms with Gasteiger partial charge in [0.2, 0.25) is 11.8 Å². The van der Waals surface area contributed by atoms with Crippen LogP contribution in [0.25, 0.3) is 0 Å². The Kier molecular flexibility index (Phi) is 10.6. The fraction of sp³-hybridized carbons (Fsp3) is 0.355. The van der Waals surface area contributed by atoms with Crippen LogP contribution in [0.3, 0.4) is 0 Å². The lowest BCUT2D eigenvalue weighted by molar-refractivity contribution is -0.141. The van der Waals surface area contributed by atoms with Gasteiger partial charge in [-0.2, -0.15) is 0 Å². The minimum absolute atomic E-state index is 0.0328. The number of para-hydroxylation sites is 1. The van der Waals surface area contributed by atoms with Gasteiger partial charge in [0.15, 0.2) is 0 Å². The molecule has 3 aromatic rings. The SMILES string of the molecule is CCC(C)NC(=O)C(Cc1ccccc1)N(Cc1ccccc1C)C(=O)CCCOc1ccccc1. The minimum atomic E-state index is -0.608. The molecule has 5 heteroatoms. The molecule has 0 aliphatic rings. The van der Waals surface area contributed by atoms with E-state index in [1.165, 1.54) is 0 Å². The van der Waals surface area contributed by atoms with E-state index in [9.17, 15) is 9.59 Å². The maximum atomic E-state index is 13.7. The lowest BCUT2D eigenvalue weighted by Gasteiger charge is -2.33. The third-order valence-corrected chi connectivity index (χ3v) is 6.42. The Morgan fingerprint density at radius 1 is 0.917 bits per heavy atom. The van der Waals surface area contributed by atoms with E-state index in [-0.39, 0.29) is 17.9 Å². The number of carbonyl (C=O) groups is 2. The van der Waals surface area contributed by atoms with Crippen molar-refractivity contribution in [3.8, 4) is 5.75 Å². The largest absolute Gasteiger partial charge is 0.494 e. The molecule has 0 spiro atoms. The smallest absolute Gasteiger partial charge is 0.243 e. The molecule has 0 aromatic heterocycles. The van der Waals surface area contributed by atoms with E-state index < -0.39 is 6.04 Å². The lowest BCUT2D eigenvalue weighted by atomic mass is 10.0. The molecule has 3 rings (SSSR count). The van der Waals surface area contributed by atoms with Crippen molar-refractivity contribution in [1.29, 1.82) is 0 Å². The van der Waals surface area contributed by atoms with Gasteiger partial charge in [-0.25, -0.2) is 0 Å². The van der Waals surface area contributed by atoms with Crippen molar-refractivity contribution < 1.29 is 14.3 Å². The molecule has 0 aliphatic carbocycles. The average molecular weight is 487 g/mol. The van der Waals surface area contributed by atoms with E-state index in [4.69, 9.17) is 4.74 Å². The van der Waals surface area contributed by atoms with E-state index in [2.05, 4.69) is 5.32 Å². The number of rotatable bonds is 13. The summed E-state index contributed by atoms with van der Waals surface area (Å²) in [6.07, 6.45) is 2.16. The molecule has 190 valence electrons. The summed E-state index contributed by atoms with van der Waals surface area (Å²) in [5.41, 5.74) is 3.17. The van der Waals surface area contributed by atoms with Crippen LogP contribution in [0.4, 0.5) is 0 Å². The first-order valence-electron chi connectivity index (χ1n) is 12.8. The van der Waals surface area contributed by atoms with Crippen LogP contribution in [0, 0.1) is 6.92 Å². The van der Waals surface area contributed by atoms with E-state index in [0.29, 0.717) is 32.4 Å². The monoisotopic (exact) mass is 486 g/mol. The Hall–Kier alpha value is -3.60. The molecule has 0 heterocycles. The number of hydrogen-bond donors (Lipinski definition) is 1. The molecule has 0 radical (unpaired) electrons. The summed E-state index contributed by atoms with van der Waals surface area (Å²) >= 11 is 0. The second-order valence-electron chi connectivity index (χ2n) is 9.24. The summed E-state index contributed by atoms with van der Waals surface area (Å²) in [5, 5.41) is 3.12. The number of aryl methyl sites for hydroxylation is 1. The van der Waals surface area contributed by atoms with Crippen LogP contribution in [0.5, 0.6) is 5.75 Å². The van der Waals surface area contributed by atoms with Gasteiger partial charge in [-0.1, -0.05) is 79.7 Å². The lowest BCUT2D eigenvalue weighted by Crippen LogP contribution is -2.52. The van der Waals surface area contributed by atoms with E-state index in [0.717, 1.165) is 28.9 Å². The summed E-state index contributed by atoms with van der Waals surface area (Å²) in [6, 6.07) is 27.0. The molecule has 36 heavy (non-hydrogen) atoms. The minimum Gasteiger partial charge on any atom is -0.494 e. The van der Waals surface area contributed by atoms with Crippen LogP contribution in [0.1, 0.15) is 49.8 Å². The standard InChI is InChI=1S/C31H38N2O3/c1-4-25(3)32-31(35)29(22-26-15-7-5-8-16-26)33(23-27-17-12-11-14-24(27)2)30(34)20-13-21-36-28-18-9-6-10-19-28/h5-12,14-19,25,29H,4,13,20-23H2,1-3H3,(H,32,35). The second-order valence-corrected chi connectivity index (χ2v) is 9.24. The Bertz CT molecular complexity index is 1090. The summed E-state index contributed by atoms with van der Waals surface area (Å²) in [7, 11) is 0. The van der Waals surface area contributed by atoms with Gasteiger partial charge in [-0.05, 0) is 55.5 Å². The van der Waals surface area contributed by atoms with E-state index >= 15 is 0 Å². The zero-order chi connectivity index (χ0) is 25.8. The Morgan fingerprint density at radius 2 is 1.56 bits per heavy atom. The second kappa shape index (κ2) is 14.1. The molecular weight excluding hydrogens is 448 g/mol. The maximum Gasteiger partial charge on any atom is 0.243 e. The van der Waals surface area contributed by atoms with Gasteiger partial charge in [-0.3, -0.25) is 9.59 Å². The van der Waals surface area contributed by atoms with Crippen LogP contribution < -0.4 is 10.1 Å². The highest BCUT2D eigenvalue weighted by Gasteiger charge is 2.31. The Balaban J connectivity index is 1.81. The van der Waals surface area contributed by atoms with Crippen LogP contribution >= 0.6 is 0 Å². The summed E-state index contributed by atoms with van der Waals surface area (Å²) in [4.78, 5) is 28.9. The fourth-order valence-corrected chi connectivity index (χ4v) is 4.04. The van der Waals surface area contributed by atoms with Crippen molar-refractivity contribution in [2.24, 2.45) is 0 Å². The predicted octanol–water partition coefficient (Wildman–Crippen LogP) is 5.71. The van der Waals surface area contributed by atoms with Crippen molar-refractivity contribution in [3.63, 3.8) is 0 Å². The number of nitrogens with one attached hydrogen (secondary N) is 1. The quantitative estimate of drug-likeness (QED) is 0.315. The summed E-state index contributed by atoms with van der Waals surface area (Å²) in [6.45, 7) is 6.90. The number of ether oxygens (including phenoxy) is 1.